The molecule has 1 aliphatic rings. The Morgan fingerprint density at radius 1 is 1.23 bits per heavy atom. The van der Waals surface area contributed by atoms with Crippen LogP contribution in [0, 0.1) is 5.92 Å². The Balaban J connectivity index is 1.60. The van der Waals surface area contributed by atoms with Gasteiger partial charge < -0.3 is 4.52 Å². The molecule has 26 heavy (non-hydrogen) atoms. The molecule has 0 N–H and O–H groups in total. The molecule has 0 atom stereocenters. The molecule has 1 fully saturated rings. The van der Waals surface area contributed by atoms with Crippen molar-refractivity contribution in [1.29, 1.82) is 0 Å². The summed E-state index contributed by atoms with van der Waals surface area (Å²) in [6.45, 7) is 5.38. The zero-order chi connectivity index (χ0) is 18.6. The van der Waals surface area contributed by atoms with Gasteiger partial charge in [-0.2, -0.15) is 9.29 Å². The summed E-state index contributed by atoms with van der Waals surface area (Å²) in [5, 5.41) is 4.70. The van der Waals surface area contributed by atoms with Crippen LogP contribution in [0.1, 0.15) is 44.8 Å². The van der Waals surface area contributed by atoms with E-state index in [0.717, 1.165) is 30.7 Å². The molecule has 9 heteroatoms. The van der Waals surface area contributed by atoms with E-state index in [-0.39, 0.29) is 4.90 Å². The molecular formula is C17H24N4O3S2. The van der Waals surface area contributed by atoms with Crippen molar-refractivity contribution >= 4 is 21.8 Å². The lowest BCUT2D eigenvalue weighted by Crippen LogP contribution is -2.35. The van der Waals surface area contributed by atoms with Crippen LogP contribution in [0.15, 0.2) is 32.8 Å². The monoisotopic (exact) mass is 396 g/mol. The van der Waals surface area contributed by atoms with Crippen molar-refractivity contribution in [2.45, 2.75) is 55.2 Å². The van der Waals surface area contributed by atoms with Crippen molar-refractivity contribution in [3.05, 3.63) is 30.0 Å². The molecule has 0 aromatic carbocycles. The van der Waals surface area contributed by atoms with E-state index >= 15 is 0 Å². The Labute approximate surface area is 158 Å². The van der Waals surface area contributed by atoms with Crippen molar-refractivity contribution in [2.24, 2.45) is 5.92 Å². The molecule has 0 aliphatic carbocycles. The topological polar surface area (TPSA) is 89.2 Å². The summed E-state index contributed by atoms with van der Waals surface area (Å²) in [7, 11) is -3.43. The highest BCUT2D eigenvalue weighted by atomic mass is 32.2. The van der Waals surface area contributed by atoms with Crippen LogP contribution in [0.25, 0.3) is 0 Å². The predicted octanol–water partition coefficient (Wildman–Crippen LogP) is 3.13. The molecular weight excluding hydrogens is 372 g/mol. The zero-order valence-corrected chi connectivity index (χ0v) is 16.7. The first-order chi connectivity index (χ1) is 12.4. The highest BCUT2D eigenvalue weighted by Gasteiger charge is 2.26. The van der Waals surface area contributed by atoms with E-state index < -0.39 is 10.0 Å². The van der Waals surface area contributed by atoms with Gasteiger partial charge in [0.15, 0.2) is 5.82 Å². The molecule has 142 valence electrons. The minimum absolute atomic E-state index is 0.252. The molecule has 7 nitrogen and oxygen atoms in total. The fraction of sp³-hybridized carbons (Fsp3) is 0.588. The molecule has 3 rings (SSSR count). The van der Waals surface area contributed by atoms with Crippen LogP contribution in [0.5, 0.6) is 0 Å². The normalized spacial score (nSPS) is 16.3. The Bertz CT molecular complexity index is 813. The second-order valence-electron chi connectivity index (χ2n) is 6.79. The molecule has 0 spiro atoms. The maximum Gasteiger partial charge on any atom is 0.244 e. The van der Waals surface area contributed by atoms with Crippen molar-refractivity contribution < 1.29 is 12.9 Å². The first-order valence-electron chi connectivity index (χ1n) is 8.85. The van der Waals surface area contributed by atoms with E-state index in [1.54, 1.807) is 16.4 Å². The summed E-state index contributed by atoms with van der Waals surface area (Å²) in [5.41, 5.74) is 0. The summed E-state index contributed by atoms with van der Waals surface area (Å²) in [5.74, 6) is 2.27. The molecule has 1 saturated heterocycles. The summed E-state index contributed by atoms with van der Waals surface area (Å²) >= 11 is 1.46. The number of thioether (sulfide) groups is 1. The number of sulfonamides is 1. The van der Waals surface area contributed by atoms with E-state index in [9.17, 15) is 8.42 Å². The average molecular weight is 397 g/mol. The summed E-state index contributed by atoms with van der Waals surface area (Å²) in [6.07, 6.45) is 5.13. The summed E-state index contributed by atoms with van der Waals surface area (Å²) in [6, 6.07) is 3.36. The lowest BCUT2D eigenvalue weighted by molar-refractivity contribution is 0.346. The van der Waals surface area contributed by atoms with Crippen molar-refractivity contribution in [2.75, 3.05) is 13.1 Å². The van der Waals surface area contributed by atoms with Crippen LogP contribution in [0.4, 0.5) is 0 Å². The van der Waals surface area contributed by atoms with E-state index in [4.69, 9.17) is 4.52 Å². The van der Waals surface area contributed by atoms with Gasteiger partial charge in [-0.3, -0.25) is 0 Å². The maximum absolute atomic E-state index is 12.6. The third kappa shape index (κ3) is 4.83. The second-order valence-corrected chi connectivity index (χ2v) is 9.72. The molecule has 2 aromatic heterocycles. The van der Waals surface area contributed by atoms with Crippen LogP contribution in [0.2, 0.25) is 0 Å². The molecule has 2 aromatic rings. The van der Waals surface area contributed by atoms with Crippen LogP contribution >= 0.6 is 11.8 Å². The number of nitrogens with zero attached hydrogens (tertiary/aromatic N) is 4. The van der Waals surface area contributed by atoms with Crippen molar-refractivity contribution in [3.63, 3.8) is 0 Å². The molecule has 0 bridgehead atoms. The minimum Gasteiger partial charge on any atom is -0.339 e. The van der Waals surface area contributed by atoms with Gasteiger partial charge in [0.2, 0.25) is 15.9 Å². The van der Waals surface area contributed by atoms with Crippen molar-refractivity contribution in [3.8, 4) is 0 Å². The molecule has 0 amide bonds. The minimum atomic E-state index is -3.43. The number of hydrogen-bond acceptors (Lipinski definition) is 7. The van der Waals surface area contributed by atoms with Gasteiger partial charge in [-0.15, -0.1) is 0 Å². The van der Waals surface area contributed by atoms with Crippen LogP contribution < -0.4 is 0 Å². The summed E-state index contributed by atoms with van der Waals surface area (Å²) < 4.78 is 32.0. The highest BCUT2D eigenvalue weighted by Crippen LogP contribution is 2.24. The maximum atomic E-state index is 12.6. The van der Waals surface area contributed by atoms with Gasteiger partial charge in [0.25, 0.3) is 0 Å². The Hall–Kier alpha value is -1.45. The van der Waals surface area contributed by atoms with Crippen LogP contribution in [0.3, 0.4) is 0 Å². The molecule has 0 unspecified atom stereocenters. The number of hydrogen-bond donors (Lipinski definition) is 0. The third-order valence-corrected chi connectivity index (χ3v) is 6.93. The SMILES string of the molecule is CC(C)Cc1nc(CSc2ccc(S(=O)(=O)N3CCCCC3)cn2)no1. The fourth-order valence-electron chi connectivity index (χ4n) is 2.78. The van der Waals surface area contributed by atoms with Gasteiger partial charge in [-0.25, -0.2) is 13.4 Å². The van der Waals surface area contributed by atoms with E-state index in [1.165, 1.54) is 18.0 Å². The van der Waals surface area contributed by atoms with Gasteiger partial charge in [-0.05, 0) is 30.9 Å². The van der Waals surface area contributed by atoms with E-state index in [2.05, 4.69) is 29.0 Å². The fourth-order valence-corrected chi connectivity index (χ4v) is 4.93. The lowest BCUT2D eigenvalue weighted by atomic mass is 10.1. The van der Waals surface area contributed by atoms with Gasteiger partial charge >= 0.3 is 0 Å². The number of rotatable bonds is 7. The first-order valence-corrected chi connectivity index (χ1v) is 11.3. The number of piperidine rings is 1. The van der Waals surface area contributed by atoms with Gasteiger partial charge in [-0.1, -0.05) is 37.2 Å². The Kier molecular flexibility index (Phi) is 6.31. The quantitative estimate of drug-likeness (QED) is 0.664. The lowest BCUT2D eigenvalue weighted by Gasteiger charge is -2.25. The third-order valence-electron chi connectivity index (χ3n) is 4.10. The molecule has 3 heterocycles. The smallest absolute Gasteiger partial charge is 0.244 e. The average Bonchev–Trinajstić information content (AvgIpc) is 3.08. The molecule has 0 saturated carbocycles. The predicted molar refractivity (Wildman–Crippen MR) is 99.2 cm³/mol. The van der Waals surface area contributed by atoms with Crippen LogP contribution in [-0.2, 0) is 22.2 Å². The second kappa shape index (κ2) is 8.49. The Morgan fingerprint density at radius 3 is 2.65 bits per heavy atom. The standard InChI is InChI=1S/C17H24N4O3S2/c1-13(2)10-16-19-15(20-24-16)12-25-17-7-6-14(11-18-17)26(22,23)21-8-4-3-5-9-21/h6-7,11,13H,3-5,8-10,12H2,1-2H3. The molecule has 1 aliphatic heterocycles. The largest absolute Gasteiger partial charge is 0.339 e. The number of pyridine rings is 1. The van der Waals surface area contributed by atoms with Crippen molar-refractivity contribution in [1.82, 2.24) is 19.4 Å². The molecule has 0 radical (unpaired) electrons. The van der Waals surface area contributed by atoms with Gasteiger partial charge in [0.1, 0.15) is 4.90 Å². The van der Waals surface area contributed by atoms with E-state index in [1.807, 2.05) is 0 Å². The first kappa shape index (κ1) is 19.3. The summed E-state index contributed by atoms with van der Waals surface area (Å²) in [4.78, 5) is 8.89. The highest BCUT2D eigenvalue weighted by molar-refractivity contribution is 7.98. The van der Waals surface area contributed by atoms with Crippen LogP contribution in [-0.4, -0.2) is 40.9 Å². The van der Waals surface area contributed by atoms with E-state index in [0.29, 0.717) is 36.5 Å². The van der Waals surface area contributed by atoms with Gasteiger partial charge in [0, 0.05) is 25.7 Å². The number of aromatic nitrogens is 3. The Morgan fingerprint density at radius 2 is 2.00 bits per heavy atom. The zero-order valence-electron chi connectivity index (χ0n) is 15.1. The van der Waals surface area contributed by atoms with Gasteiger partial charge in [0.05, 0.1) is 10.8 Å².